The van der Waals surface area contributed by atoms with Crippen molar-refractivity contribution in [3.05, 3.63) is 65.2 Å². The Hall–Kier alpha value is -2.82. The minimum absolute atomic E-state index is 0.0112. The average Bonchev–Trinajstić information content (AvgIpc) is 2.55. The molecule has 2 aromatic rings. The number of rotatable bonds is 7. The van der Waals surface area contributed by atoms with Crippen LogP contribution in [0.2, 0.25) is 0 Å². The van der Waals surface area contributed by atoms with E-state index in [1.807, 2.05) is 31.2 Å². The Bertz CT molecular complexity index is 710. The quantitative estimate of drug-likeness (QED) is 0.820. The SMILES string of the molecule is COc1cccc(CC(C)NC(=O)Cc2ccc(C(=O)O)cc2)c1. The lowest BCUT2D eigenvalue weighted by molar-refractivity contribution is -0.121. The third kappa shape index (κ3) is 5.12. The third-order valence-electron chi connectivity index (χ3n) is 3.65. The summed E-state index contributed by atoms with van der Waals surface area (Å²) in [6.07, 6.45) is 0.934. The Labute approximate surface area is 141 Å². The van der Waals surface area contributed by atoms with Gasteiger partial charge >= 0.3 is 5.97 Å². The minimum atomic E-state index is -0.974. The highest BCUT2D eigenvalue weighted by molar-refractivity contribution is 5.87. The maximum atomic E-state index is 12.1. The van der Waals surface area contributed by atoms with Crippen molar-refractivity contribution in [2.75, 3.05) is 7.11 Å². The molecule has 2 aromatic carbocycles. The molecule has 0 aliphatic carbocycles. The maximum Gasteiger partial charge on any atom is 0.335 e. The van der Waals surface area contributed by atoms with Crippen LogP contribution >= 0.6 is 0 Å². The van der Waals surface area contributed by atoms with Crippen LogP contribution in [0.1, 0.15) is 28.4 Å². The van der Waals surface area contributed by atoms with Gasteiger partial charge in [0.1, 0.15) is 5.75 Å². The molecule has 0 spiro atoms. The largest absolute Gasteiger partial charge is 0.497 e. The Morgan fingerprint density at radius 3 is 2.46 bits per heavy atom. The highest BCUT2D eigenvalue weighted by Crippen LogP contribution is 2.14. The smallest absolute Gasteiger partial charge is 0.335 e. The second kappa shape index (κ2) is 8.15. The van der Waals surface area contributed by atoms with Crippen LogP contribution in [0.15, 0.2) is 48.5 Å². The summed E-state index contributed by atoms with van der Waals surface area (Å²) < 4.78 is 5.19. The number of carboxylic acids is 1. The van der Waals surface area contributed by atoms with Gasteiger partial charge in [-0.3, -0.25) is 4.79 Å². The van der Waals surface area contributed by atoms with Crippen molar-refractivity contribution in [1.29, 1.82) is 0 Å². The van der Waals surface area contributed by atoms with Gasteiger partial charge in [0.15, 0.2) is 0 Å². The van der Waals surface area contributed by atoms with Crippen LogP contribution in [-0.4, -0.2) is 30.1 Å². The second-order valence-electron chi connectivity index (χ2n) is 5.70. The normalized spacial score (nSPS) is 11.6. The number of carbonyl (C=O) groups is 2. The van der Waals surface area contributed by atoms with E-state index >= 15 is 0 Å². The van der Waals surface area contributed by atoms with E-state index < -0.39 is 5.97 Å². The molecule has 0 aliphatic heterocycles. The first-order valence-corrected chi connectivity index (χ1v) is 7.72. The van der Waals surface area contributed by atoms with E-state index in [0.717, 1.165) is 16.9 Å². The number of aromatic carboxylic acids is 1. The number of benzene rings is 2. The molecule has 0 aromatic heterocycles. The van der Waals surface area contributed by atoms with Gasteiger partial charge in [-0.05, 0) is 48.7 Å². The van der Waals surface area contributed by atoms with Crippen LogP contribution in [0, 0.1) is 0 Å². The monoisotopic (exact) mass is 327 g/mol. The first-order chi connectivity index (χ1) is 11.5. The molecule has 0 aliphatic rings. The molecule has 5 heteroatoms. The Balaban J connectivity index is 1.87. The zero-order chi connectivity index (χ0) is 17.5. The number of hydrogen-bond acceptors (Lipinski definition) is 3. The van der Waals surface area contributed by atoms with E-state index in [9.17, 15) is 9.59 Å². The van der Waals surface area contributed by atoms with E-state index in [1.54, 1.807) is 19.2 Å². The Kier molecular flexibility index (Phi) is 5.95. The second-order valence-corrected chi connectivity index (χ2v) is 5.70. The first kappa shape index (κ1) is 17.5. The number of methoxy groups -OCH3 is 1. The van der Waals surface area contributed by atoms with Crippen LogP contribution in [-0.2, 0) is 17.6 Å². The van der Waals surface area contributed by atoms with Crippen molar-refractivity contribution in [2.45, 2.75) is 25.8 Å². The topological polar surface area (TPSA) is 75.6 Å². The molecule has 2 rings (SSSR count). The first-order valence-electron chi connectivity index (χ1n) is 7.72. The molecule has 5 nitrogen and oxygen atoms in total. The summed E-state index contributed by atoms with van der Waals surface area (Å²) in [6, 6.07) is 14.1. The van der Waals surface area contributed by atoms with Gasteiger partial charge in [0.2, 0.25) is 5.91 Å². The van der Waals surface area contributed by atoms with Crippen LogP contribution in [0.5, 0.6) is 5.75 Å². The van der Waals surface area contributed by atoms with Gasteiger partial charge in [0.05, 0.1) is 19.1 Å². The van der Waals surface area contributed by atoms with Gasteiger partial charge in [-0.2, -0.15) is 0 Å². The summed E-state index contributed by atoms with van der Waals surface area (Å²) in [7, 11) is 1.62. The highest BCUT2D eigenvalue weighted by atomic mass is 16.5. The number of carboxylic acid groups (broad SMARTS) is 1. The van der Waals surface area contributed by atoms with Crippen LogP contribution in [0.3, 0.4) is 0 Å². The van der Waals surface area contributed by atoms with Gasteiger partial charge in [-0.15, -0.1) is 0 Å². The van der Waals surface area contributed by atoms with Crippen LogP contribution in [0.25, 0.3) is 0 Å². The molecule has 24 heavy (non-hydrogen) atoms. The van der Waals surface area contributed by atoms with Gasteiger partial charge in [-0.1, -0.05) is 24.3 Å². The van der Waals surface area contributed by atoms with Gasteiger partial charge < -0.3 is 15.2 Å². The molecule has 0 heterocycles. The third-order valence-corrected chi connectivity index (χ3v) is 3.65. The summed E-state index contributed by atoms with van der Waals surface area (Å²) in [6.45, 7) is 1.95. The van der Waals surface area contributed by atoms with Crippen molar-refractivity contribution < 1.29 is 19.4 Å². The fraction of sp³-hybridized carbons (Fsp3) is 0.263. The van der Waals surface area contributed by atoms with Crippen molar-refractivity contribution in [2.24, 2.45) is 0 Å². The van der Waals surface area contributed by atoms with Crippen molar-refractivity contribution in [1.82, 2.24) is 5.32 Å². The van der Waals surface area contributed by atoms with Gasteiger partial charge in [0.25, 0.3) is 0 Å². The number of amides is 1. The van der Waals surface area contributed by atoms with E-state index in [2.05, 4.69) is 5.32 Å². The zero-order valence-corrected chi connectivity index (χ0v) is 13.8. The summed E-state index contributed by atoms with van der Waals surface area (Å²) in [5, 5.41) is 11.8. The van der Waals surface area contributed by atoms with Crippen LogP contribution in [0.4, 0.5) is 0 Å². The lowest BCUT2D eigenvalue weighted by Gasteiger charge is -2.14. The average molecular weight is 327 g/mol. The fourth-order valence-electron chi connectivity index (χ4n) is 2.48. The van der Waals surface area contributed by atoms with E-state index in [1.165, 1.54) is 12.1 Å². The molecular weight excluding hydrogens is 306 g/mol. The summed E-state index contributed by atoms with van der Waals surface area (Å²) in [4.78, 5) is 22.9. The fourth-order valence-corrected chi connectivity index (χ4v) is 2.48. The van der Waals surface area contributed by atoms with E-state index in [4.69, 9.17) is 9.84 Å². The summed E-state index contributed by atoms with van der Waals surface area (Å²) in [5.74, 6) is -0.268. The predicted molar refractivity (Wildman–Crippen MR) is 91.4 cm³/mol. The maximum absolute atomic E-state index is 12.1. The zero-order valence-electron chi connectivity index (χ0n) is 13.8. The van der Waals surface area contributed by atoms with Crippen LogP contribution < -0.4 is 10.1 Å². The standard InChI is InChI=1S/C19H21NO4/c1-13(10-15-4-3-5-17(11-15)24-2)20-18(21)12-14-6-8-16(9-7-14)19(22)23/h3-9,11,13H,10,12H2,1-2H3,(H,20,21)(H,22,23). The molecular formula is C19H21NO4. The minimum Gasteiger partial charge on any atom is -0.497 e. The molecule has 1 unspecified atom stereocenters. The summed E-state index contributed by atoms with van der Waals surface area (Å²) in [5.41, 5.74) is 2.09. The lowest BCUT2D eigenvalue weighted by atomic mass is 10.1. The number of ether oxygens (including phenoxy) is 1. The molecule has 1 amide bonds. The number of nitrogens with one attached hydrogen (secondary N) is 1. The molecule has 0 saturated carbocycles. The van der Waals surface area contributed by atoms with E-state index in [0.29, 0.717) is 6.42 Å². The lowest BCUT2D eigenvalue weighted by Crippen LogP contribution is -2.35. The molecule has 126 valence electrons. The molecule has 1 atom stereocenters. The summed E-state index contributed by atoms with van der Waals surface area (Å²) >= 11 is 0. The number of carbonyl (C=O) groups excluding carboxylic acids is 1. The van der Waals surface area contributed by atoms with Gasteiger partial charge in [0, 0.05) is 6.04 Å². The predicted octanol–water partition coefficient (Wildman–Crippen LogP) is 2.68. The van der Waals surface area contributed by atoms with E-state index in [-0.39, 0.29) is 23.9 Å². The Morgan fingerprint density at radius 2 is 1.83 bits per heavy atom. The van der Waals surface area contributed by atoms with Crippen molar-refractivity contribution >= 4 is 11.9 Å². The highest BCUT2D eigenvalue weighted by Gasteiger charge is 2.10. The Morgan fingerprint density at radius 1 is 1.12 bits per heavy atom. The van der Waals surface area contributed by atoms with Crippen molar-refractivity contribution in [3.8, 4) is 5.75 Å². The number of hydrogen-bond donors (Lipinski definition) is 2. The molecule has 0 saturated heterocycles. The van der Waals surface area contributed by atoms with Crippen molar-refractivity contribution in [3.63, 3.8) is 0 Å². The molecule has 0 fully saturated rings. The molecule has 0 radical (unpaired) electrons. The molecule has 2 N–H and O–H groups in total. The molecule has 0 bridgehead atoms. The van der Waals surface area contributed by atoms with Gasteiger partial charge in [-0.25, -0.2) is 4.79 Å².